The first kappa shape index (κ1) is 25.5. The third-order valence-electron chi connectivity index (χ3n) is 7.94. The van der Waals surface area contributed by atoms with Gasteiger partial charge >= 0.3 is 0 Å². The van der Waals surface area contributed by atoms with E-state index in [9.17, 15) is 13.6 Å². The summed E-state index contributed by atoms with van der Waals surface area (Å²) in [5.74, 6) is 0.901. The number of halogens is 2. The van der Waals surface area contributed by atoms with Crippen molar-refractivity contribution in [3.63, 3.8) is 0 Å². The first-order valence-electron chi connectivity index (χ1n) is 13.2. The third kappa shape index (κ3) is 5.01. The molecule has 204 valence electrons. The van der Waals surface area contributed by atoms with Gasteiger partial charge in [-0.1, -0.05) is 6.58 Å². The smallest absolute Gasteiger partial charge is 0.245 e. The van der Waals surface area contributed by atoms with E-state index in [2.05, 4.69) is 21.9 Å². The quantitative estimate of drug-likeness (QED) is 0.429. The Balaban J connectivity index is 1.30. The molecule has 3 fully saturated rings. The highest BCUT2D eigenvalue weighted by atomic mass is 19.1. The van der Waals surface area contributed by atoms with Gasteiger partial charge in [0, 0.05) is 36.5 Å². The molecule has 3 aromatic rings. The minimum absolute atomic E-state index is 0.0290. The molecular weight excluding hydrogens is 506 g/mol. The molecule has 0 spiro atoms. The van der Waals surface area contributed by atoms with Crippen molar-refractivity contribution in [1.29, 1.82) is 0 Å². The Hall–Kier alpha value is -3.79. The number of benzene rings is 2. The Morgan fingerprint density at radius 2 is 1.87 bits per heavy atom. The standard InChI is InChI=1S/C29H30F2N4O4/c1-3-27(36)35-12-17-8-20(9-18(17)13-35)39-25-10-21-24(11-26(25)38-19-6-7-37-14-19)32-15-33-29(21)34-23-5-4-22(30)16(2)28(23)31/h3-5,10-11,15,17-20H,1,6-9,12-14H2,2H3,(H,32,33,34). The first-order valence-corrected chi connectivity index (χ1v) is 13.2. The fourth-order valence-corrected chi connectivity index (χ4v) is 5.85. The Labute approximate surface area is 225 Å². The molecule has 2 aliphatic heterocycles. The largest absolute Gasteiger partial charge is 0.486 e. The normalized spacial score (nSPS) is 24.1. The molecule has 8 nitrogen and oxygen atoms in total. The summed E-state index contributed by atoms with van der Waals surface area (Å²) in [5.41, 5.74) is 0.633. The number of amides is 1. The van der Waals surface area contributed by atoms with Crippen LogP contribution in [0.5, 0.6) is 11.5 Å². The topological polar surface area (TPSA) is 85.8 Å². The van der Waals surface area contributed by atoms with E-state index in [1.54, 1.807) is 0 Å². The first-order chi connectivity index (χ1) is 18.9. The Bertz CT molecular complexity index is 1410. The maximum absolute atomic E-state index is 14.8. The summed E-state index contributed by atoms with van der Waals surface area (Å²) in [4.78, 5) is 22.7. The van der Waals surface area contributed by atoms with E-state index in [-0.39, 0.29) is 29.4 Å². The zero-order valence-electron chi connectivity index (χ0n) is 21.7. The summed E-state index contributed by atoms with van der Waals surface area (Å²) in [6.07, 6.45) is 5.04. The van der Waals surface area contributed by atoms with Crippen molar-refractivity contribution in [3.05, 3.63) is 60.4 Å². The van der Waals surface area contributed by atoms with Crippen LogP contribution in [0.2, 0.25) is 0 Å². The van der Waals surface area contributed by atoms with Crippen molar-refractivity contribution in [2.24, 2.45) is 11.8 Å². The minimum atomic E-state index is -0.680. The van der Waals surface area contributed by atoms with Gasteiger partial charge in [-0.25, -0.2) is 18.7 Å². The lowest BCUT2D eigenvalue weighted by atomic mass is 10.0. The fraction of sp³-hybridized carbons (Fsp3) is 0.414. The molecule has 1 aromatic heterocycles. The van der Waals surface area contributed by atoms with Gasteiger partial charge in [-0.15, -0.1) is 0 Å². The highest BCUT2D eigenvalue weighted by Crippen LogP contribution is 2.43. The van der Waals surface area contributed by atoms with Crippen LogP contribution in [0.1, 0.15) is 24.8 Å². The summed E-state index contributed by atoms with van der Waals surface area (Å²) in [6, 6.07) is 6.19. The molecule has 1 saturated carbocycles. The zero-order valence-corrected chi connectivity index (χ0v) is 21.7. The number of carbonyl (C=O) groups is 1. The van der Waals surface area contributed by atoms with Crippen LogP contribution in [0.4, 0.5) is 20.3 Å². The predicted octanol–water partition coefficient (Wildman–Crippen LogP) is 4.93. The van der Waals surface area contributed by atoms with Gasteiger partial charge < -0.3 is 24.4 Å². The number of nitrogens with zero attached hydrogens (tertiary/aromatic N) is 3. The second kappa shape index (κ2) is 10.4. The maximum Gasteiger partial charge on any atom is 0.245 e. The van der Waals surface area contributed by atoms with Gasteiger partial charge in [-0.3, -0.25) is 4.79 Å². The number of fused-ring (bicyclic) bond motifs is 2. The number of anilines is 2. The van der Waals surface area contributed by atoms with Crippen LogP contribution in [-0.2, 0) is 9.53 Å². The predicted molar refractivity (Wildman–Crippen MR) is 141 cm³/mol. The molecule has 39 heavy (non-hydrogen) atoms. The molecule has 1 N–H and O–H groups in total. The summed E-state index contributed by atoms with van der Waals surface area (Å²) in [5, 5.41) is 3.61. The van der Waals surface area contributed by atoms with E-state index in [1.807, 2.05) is 17.0 Å². The van der Waals surface area contributed by atoms with E-state index in [1.165, 1.54) is 31.5 Å². The lowest BCUT2D eigenvalue weighted by Gasteiger charge is -2.22. The molecule has 3 aliphatic rings. The SMILES string of the molecule is C=CC(=O)N1CC2CC(Oc3cc4c(Nc5ccc(F)c(C)c5F)ncnc4cc3OC3CCOC3)CC2C1. The molecule has 1 aliphatic carbocycles. The zero-order chi connectivity index (χ0) is 27.1. The number of carbonyl (C=O) groups excluding carboxylic acids is 1. The Morgan fingerprint density at radius 3 is 2.59 bits per heavy atom. The second-order valence-electron chi connectivity index (χ2n) is 10.5. The molecule has 2 saturated heterocycles. The van der Waals surface area contributed by atoms with Crippen molar-refractivity contribution in [3.8, 4) is 11.5 Å². The number of nitrogens with one attached hydrogen (secondary N) is 1. The number of ether oxygens (including phenoxy) is 3. The third-order valence-corrected chi connectivity index (χ3v) is 7.94. The number of likely N-dealkylation sites (tertiary alicyclic amines) is 1. The molecule has 3 heterocycles. The van der Waals surface area contributed by atoms with Gasteiger partial charge in [0.05, 0.1) is 30.5 Å². The molecule has 0 radical (unpaired) electrons. The van der Waals surface area contributed by atoms with Crippen molar-refractivity contribution in [2.45, 2.75) is 38.4 Å². The molecular formula is C29H30F2N4O4. The molecule has 1 amide bonds. The van der Waals surface area contributed by atoms with Gasteiger partial charge in [-0.2, -0.15) is 0 Å². The minimum Gasteiger partial charge on any atom is -0.486 e. The monoisotopic (exact) mass is 536 g/mol. The number of hydrogen-bond acceptors (Lipinski definition) is 7. The number of rotatable bonds is 7. The summed E-state index contributed by atoms with van der Waals surface area (Å²) < 4.78 is 46.9. The van der Waals surface area contributed by atoms with Gasteiger partial charge in [0.1, 0.15) is 24.1 Å². The average molecular weight is 537 g/mol. The van der Waals surface area contributed by atoms with Crippen LogP contribution in [0, 0.1) is 30.4 Å². The van der Waals surface area contributed by atoms with Crippen LogP contribution in [0.15, 0.2) is 43.2 Å². The Kier molecular flexibility index (Phi) is 6.80. The van der Waals surface area contributed by atoms with Crippen LogP contribution in [-0.4, -0.2) is 59.3 Å². The molecule has 3 unspecified atom stereocenters. The van der Waals surface area contributed by atoms with Gasteiger partial charge in [-0.05, 0) is 55.9 Å². The molecule has 2 aromatic carbocycles. The van der Waals surface area contributed by atoms with Crippen LogP contribution in [0.3, 0.4) is 0 Å². The van der Waals surface area contributed by atoms with Crippen molar-refractivity contribution in [1.82, 2.24) is 14.9 Å². The van der Waals surface area contributed by atoms with E-state index in [4.69, 9.17) is 14.2 Å². The summed E-state index contributed by atoms with van der Waals surface area (Å²) >= 11 is 0. The van der Waals surface area contributed by atoms with E-state index in [0.29, 0.717) is 66.4 Å². The fourth-order valence-electron chi connectivity index (χ4n) is 5.85. The highest BCUT2D eigenvalue weighted by molar-refractivity contribution is 5.93. The van der Waals surface area contributed by atoms with Crippen LogP contribution in [0.25, 0.3) is 10.9 Å². The molecule has 10 heteroatoms. The van der Waals surface area contributed by atoms with E-state index in [0.717, 1.165) is 19.3 Å². The van der Waals surface area contributed by atoms with Crippen LogP contribution < -0.4 is 14.8 Å². The van der Waals surface area contributed by atoms with Gasteiger partial charge in [0.25, 0.3) is 0 Å². The van der Waals surface area contributed by atoms with E-state index < -0.39 is 11.6 Å². The molecule has 6 rings (SSSR count). The number of aromatic nitrogens is 2. The Morgan fingerprint density at radius 1 is 1.13 bits per heavy atom. The maximum atomic E-state index is 14.8. The summed E-state index contributed by atoms with van der Waals surface area (Å²) in [7, 11) is 0. The van der Waals surface area contributed by atoms with Crippen molar-refractivity contribution in [2.75, 3.05) is 31.6 Å². The number of hydrogen-bond donors (Lipinski definition) is 1. The van der Waals surface area contributed by atoms with Gasteiger partial charge in [0.15, 0.2) is 17.3 Å². The second-order valence-corrected chi connectivity index (χ2v) is 10.5. The molecule has 3 atom stereocenters. The lowest BCUT2D eigenvalue weighted by molar-refractivity contribution is -0.125. The van der Waals surface area contributed by atoms with Crippen LogP contribution >= 0.6 is 0 Å². The van der Waals surface area contributed by atoms with E-state index >= 15 is 0 Å². The lowest BCUT2D eigenvalue weighted by Crippen LogP contribution is -2.29. The van der Waals surface area contributed by atoms with Crippen molar-refractivity contribution >= 4 is 28.3 Å². The van der Waals surface area contributed by atoms with Gasteiger partial charge in [0.2, 0.25) is 5.91 Å². The summed E-state index contributed by atoms with van der Waals surface area (Å²) in [6.45, 7) is 7.54. The van der Waals surface area contributed by atoms with Crippen molar-refractivity contribution < 1.29 is 27.8 Å². The molecule has 0 bridgehead atoms. The average Bonchev–Trinajstić information content (AvgIpc) is 3.66. The highest BCUT2D eigenvalue weighted by Gasteiger charge is 2.43.